The molecule has 1 aliphatic heterocycles. The van der Waals surface area contributed by atoms with Gasteiger partial charge in [-0.25, -0.2) is 0 Å². The molecule has 0 aromatic rings. The van der Waals surface area contributed by atoms with Crippen molar-refractivity contribution >= 4 is 0 Å². The number of hydrogen-bond acceptors (Lipinski definition) is 3. The van der Waals surface area contributed by atoms with Crippen molar-refractivity contribution in [1.82, 2.24) is 4.90 Å². The molecule has 0 bridgehead atoms. The fraction of sp³-hybridized carbons (Fsp3) is 1.00. The molecule has 1 aliphatic carbocycles. The standard InChI is InChI=1S/C13H25NO2/c1-10(6-7-16-3)13(15)8-11(2)14(9-13)12-4-5-12/h10-12,15H,4-9H2,1-3H3. The quantitative estimate of drug-likeness (QED) is 0.775. The summed E-state index contributed by atoms with van der Waals surface area (Å²) in [4.78, 5) is 2.50. The first kappa shape index (κ1) is 12.3. The van der Waals surface area contributed by atoms with Crippen LogP contribution in [0.3, 0.4) is 0 Å². The molecule has 1 heterocycles. The molecule has 1 saturated heterocycles. The zero-order valence-corrected chi connectivity index (χ0v) is 10.8. The summed E-state index contributed by atoms with van der Waals surface area (Å²) in [6, 6.07) is 1.31. The van der Waals surface area contributed by atoms with E-state index in [2.05, 4.69) is 18.7 Å². The van der Waals surface area contributed by atoms with Gasteiger partial charge in [0, 0.05) is 32.3 Å². The van der Waals surface area contributed by atoms with E-state index < -0.39 is 5.60 Å². The molecule has 0 aromatic carbocycles. The number of aliphatic hydroxyl groups is 1. The van der Waals surface area contributed by atoms with Crippen molar-refractivity contribution in [2.24, 2.45) is 5.92 Å². The smallest absolute Gasteiger partial charge is 0.0815 e. The van der Waals surface area contributed by atoms with Crippen molar-refractivity contribution in [2.45, 2.75) is 57.2 Å². The molecule has 1 N–H and O–H groups in total. The summed E-state index contributed by atoms with van der Waals surface area (Å²) in [7, 11) is 1.73. The molecule has 16 heavy (non-hydrogen) atoms. The molecular weight excluding hydrogens is 202 g/mol. The molecule has 0 amide bonds. The van der Waals surface area contributed by atoms with Crippen LogP contribution in [0.4, 0.5) is 0 Å². The van der Waals surface area contributed by atoms with Gasteiger partial charge in [0.15, 0.2) is 0 Å². The number of likely N-dealkylation sites (tertiary alicyclic amines) is 1. The molecule has 2 fully saturated rings. The van der Waals surface area contributed by atoms with Crippen LogP contribution >= 0.6 is 0 Å². The highest BCUT2D eigenvalue weighted by Gasteiger charge is 2.48. The zero-order chi connectivity index (χ0) is 11.8. The van der Waals surface area contributed by atoms with Crippen LogP contribution in [0.5, 0.6) is 0 Å². The Kier molecular flexibility index (Phi) is 3.57. The molecule has 3 heteroatoms. The third-order valence-corrected chi connectivity index (χ3v) is 4.36. The van der Waals surface area contributed by atoms with Gasteiger partial charge in [0.1, 0.15) is 0 Å². The summed E-state index contributed by atoms with van der Waals surface area (Å²) in [5.74, 6) is 0.332. The summed E-state index contributed by atoms with van der Waals surface area (Å²) in [5.41, 5.74) is -0.486. The largest absolute Gasteiger partial charge is 0.388 e. The second-order valence-corrected chi connectivity index (χ2v) is 5.74. The molecule has 3 nitrogen and oxygen atoms in total. The highest BCUT2D eigenvalue weighted by atomic mass is 16.5. The van der Waals surface area contributed by atoms with Crippen molar-refractivity contribution in [2.75, 3.05) is 20.3 Å². The highest BCUT2D eigenvalue weighted by Crippen LogP contribution is 2.40. The molecule has 94 valence electrons. The van der Waals surface area contributed by atoms with E-state index in [0.29, 0.717) is 12.0 Å². The molecule has 0 radical (unpaired) electrons. The normalized spacial score (nSPS) is 37.9. The van der Waals surface area contributed by atoms with Crippen molar-refractivity contribution in [3.63, 3.8) is 0 Å². The first-order valence-electron chi connectivity index (χ1n) is 6.54. The molecule has 2 rings (SSSR count). The Morgan fingerprint density at radius 2 is 2.19 bits per heavy atom. The third-order valence-electron chi connectivity index (χ3n) is 4.36. The minimum Gasteiger partial charge on any atom is -0.388 e. The van der Waals surface area contributed by atoms with E-state index in [1.807, 2.05) is 0 Å². The van der Waals surface area contributed by atoms with E-state index in [1.165, 1.54) is 12.8 Å². The van der Waals surface area contributed by atoms with Gasteiger partial charge in [-0.05, 0) is 38.5 Å². The highest BCUT2D eigenvalue weighted by molar-refractivity contribution is 5.02. The monoisotopic (exact) mass is 227 g/mol. The Hall–Kier alpha value is -0.120. The minimum atomic E-state index is -0.486. The maximum atomic E-state index is 10.7. The minimum absolute atomic E-state index is 0.332. The molecule has 1 saturated carbocycles. The first-order chi connectivity index (χ1) is 7.57. The van der Waals surface area contributed by atoms with Crippen molar-refractivity contribution < 1.29 is 9.84 Å². The van der Waals surface area contributed by atoms with Crippen molar-refractivity contribution in [1.29, 1.82) is 0 Å². The average Bonchev–Trinajstić information content (AvgIpc) is 3.02. The van der Waals surface area contributed by atoms with Gasteiger partial charge in [0.2, 0.25) is 0 Å². The summed E-state index contributed by atoms with van der Waals surface area (Å²) in [6.45, 7) is 6.02. The maximum Gasteiger partial charge on any atom is 0.0815 e. The van der Waals surface area contributed by atoms with Crippen LogP contribution in [0.1, 0.15) is 39.5 Å². The number of hydrogen-bond donors (Lipinski definition) is 1. The topological polar surface area (TPSA) is 32.7 Å². The summed E-state index contributed by atoms with van der Waals surface area (Å²) >= 11 is 0. The second kappa shape index (κ2) is 4.63. The van der Waals surface area contributed by atoms with Crippen LogP contribution in [0.15, 0.2) is 0 Å². The van der Waals surface area contributed by atoms with Gasteiger partial charge < -0.3 is 9.84 Å². The Balaban J connectivity index is 1.92. The summed E-state index contributed by atoms with van der Waals surface area (Å²) in [6.07, 6.45) is 4.53. The second-order valence-electron chi connectivity index (χ2n) is 5.74. The summed E-state index contributed by atoms with van der Waals surface area (Å²) in [5, 5.41) is 10.7. The van der Waals surface area contributed by atoms with Gasteiger partial charge >= 0.3 is 0 Å². The third kappa shape index (κ3) is 2.41. The molecule has 0 aromatic heterocycles. The number of methoxy groups -OCH3 is 1. The van der Waals surface area contributed by atoms with Gasteiger partial charge in [-0.1, -0.05) is 6.92 Å². The lowest BCUT2D eigenvalue weighted by Gasteiger charge is -2.30. The number of β-amino-alcohol motifs (C(OH)–C–C–N with tert-alkyl or cyclic N) is 1. The molecule has 0 spiro atoms. The lowest BCUT2D eigenvalue weighted by atomic mass is 9.85. The molecular formula is C13H25NO2. The van der Waals surface area contributed by atoms with Gasteiger partial charge in [0.25, 0.3) is 0 Å². The van der Waals surface area contributed by atoms with E-state index in [0.717, 1.165) is 32.0 Å². The predicted octanol–water partition coefficient (Wildman–Crippen LogP) is 1.65. The number of ether oxygens (including phenoxy) is 1. The fourth-order valence-corrected chi connectivity index (χ4v) is 2.98. The lowest BCUT2D eigenvalue weighted by Crippen LogP contribution is -2.40. The van der Waals surface area contributed by atoms with Crippen LogP contribution in [0, 0.1) is 5.92 Å². The maximum absolute atomic E-state index is 10.7. The number of nitrogens with zero attached hydrogens (tertiary/aromatic N) is 1. The Morgan fingerprint density at radius 1 is 1.50 bits per heavy atom. The Labute approximate surface area is 98.8 Å². The van der Waals surface area contributed by atoms with Crippen LogP contribution in [-0.4, -0.2) is 48.0 Å². The molecule has 3 atom stereocenters. The Bertz CT molecular complexity index is 242. The van der Waals surface area contributed by atoms with Crippen LogP contribution in [0.25, 0.3) is 0 Å². The first-order valence-corrected chi connectivity index (χ1v) is 6.54. The van der Waals surface area contributed by atoms with E-state index in [9.17, 15) is 5.11 Å². The zero-order valence-electron chi connectivity index (χ0n) is 10.8. The van der Waals surface area contributed by atoms with E-state index >= 15 is 0 Å². The van der Waals surface area contributed by atoms with E-state index in [1.54, 1.807) is 7.11 Å². The van der Waals surface area contributed by atoms with Gasteiger partial charge in [-0.2, -0.15) is 0 Å². The number of rotatable bonds is 5. The Morgan fingerprint density at radius 3 is 2.75 bits per heavy atom. The van der Waals surface area contributed by atoms with Gasteiger partial charge in [0.05, 0.1) is 5.60 Å². The molecule has 3 unspecified atom stereocenters. The molecule has 2 aliphatic rings. The van der Waals surface area contributed by atoms with Crippen molar-refractivity contribution in [3.05, 3.63) is 0 Å². The predicted molar refractivity (Wildman–Crippen MR) is 64.4 cm³/mol. The van der Waals surface area contributed by atoms with Crippen LogP contribution in [0.2, 0.25) is 0 Å². The van der Waals surface area contributed by atoms with E-state index in [-0.39, 0.29) is 0 Å². The van der Waals surface area contributed by atoms with Gasteiger partial charge in [-0.3, -0.25) is 4.90 Å². The average molecular weight is 227 g/mol. The van der Waals surface area contributed by atoms with Gasteiger partial charge in [-0.15, -0.1) is 0 Å². The van der Waals surface area contributed by atoms with Crippen molar-refractivity contribution in [3.8, 4) is 0 Å². The van der Waals surface area contributed by atoms with E-state index in [4.69, 9.17) is 4.74 Å². The van der Waals surface area contributed by atoms with Crippen LogP contribution in [-0.2, 0) is 4.74 Å². The summed E-state index contributed by atoms with van der Waals surface area (Å²) < 4.78 is 5.11. The SMILES string of the molecule is COCCC(C)C1(O)CC(C)N(C2CC2)C1. The fourth-order valence-electron chi connectivity index (χ4n) is 2.98. The lowest BCUT2D eigenvalue weighted by molar-refractivity contribution is -0.0140. The van der Waals surface area contributed by atoms with Crippen LogP contribution < -0.4 is 0 Å².